The molecule has 0 unspecified atom stereocenters. The number of rotatable bonds is 0. The molecule has 1 rings (SSSR count). The molecule has 0 saturated carbocycles. The van der Waals surface area contributed by atoms with Crippen molar-refractivity contribution in [3.63, 3.8) is 0 Å². The third kappa shape index (κ3) is 8.19. The number of aryl methyl sites for hydroxylation is 2. The number of halogens is 3. The van der Waals surface area contributed by atoms with E-state index in [0.717, 1.165) is 0 Å². The van der Waals surface area contributed by atoms with Crippen molar-refractivity contribution in [2.45, 2.75) is 18.1 Å². The summed E-state index contributed by atoms with van der Waals surface area (Å²) in [6.45, 7) is 4.19. The molecule has 0 heterocycles. The summed E-state index contributed by atoms with van der Waals surface area (Å²) in [4.78, 5) is 0. The first kappa shape index (κ1) is 12.1. The molecule has 0 atom stereocenters. The highest BCUT2D eigenvalue weighted by molar-refractivity contribution is 6.63. The quantitative estimate of drug-likeness (QED) is 0.578. The fourth-order valence-electron chi connectivity index (χ4n) is 0.637. The van der Waals surface area contributed by atoms with Crippen LogP contribution in [0.1, 0.15) is 11.1 Å². The van der Waals surface area contributed by atoms with Gasteiger partial charge in [-0.3, -0.25) is 0 Å². The highest BCUT2D eigenvalue weighted by Crippen LogP contribution is 2.03. The minimum atomic E-state index is -0.750. The number of benzene rings is 1. The van der Waals surface area contributed by atoms with E-state index in [4.69, 9.17) is 34.8 Å². The van der Waals surface area contributed by atoms with Gasteiger partial charge in [-0.2, -0.15) is 0 Å². The predicted molar refractivity (Wildman–Crippen MR) is 57.3 cm³/mol. The van der Waals surface area contributed by atoms with Gasteiger partial charge in [0.05, 0.1) is 0 Å². The zero-order valence-electron chi connectivity index (χ0n) is 7.02. The van der Waals surface area contributed by atoms with Crippen LogP contribution in [0.4, 0.5) is 0 Å². The normalized spacial score (nSPS) is 9.17. The van der Waals surface area contributed by atoms with E-state index in [-0.39, 0.29) is 0 Å². The number of hydrogen-bond acceptors (Lipinski definition) is 0. The Morgan fingerprint density at radius 2 is 1.00 bits per heavy atom. The van der Waals surface area contributed by atoms with E-state index >= 15 is 0 Å². The molecule has 0 aliphatic rings. The summed E-state index contributed by atoms with van der Waals surface area (Å²) in [7, 11) is 0. The second-order valence-electron chi connectivity index (χ2n) is 2.40. The van der Waals surface area contributed by atoms with E-state index in [1.807, 2.05) is 0 Å². The molecule has 3 heteroatoms. The third-order valence-electron chi connectivity index (χ3n) is 1.22. The fraction of sp³-hybridized carbons (Fsp3) is 0.333. The van der Waals surface area contributed by atoms with Crippen LogP contribution in [0, 0.1) is 13.8 Å². The molecule has 1 aromatic carbocycles. The van der Waals surface area contributed by atoms with Crippen molar-refractivity contribution in [3.05, 3.63) is 35.4 Å². The van der Waals surface area contributed by atoms with E-state index in [1.54, 1.807) is 0 Å². The lowest BCUT2D eigenvalue weighted by Crippen LogP contribution is -1.70. The van der Waals surface area contributed by atoms with E-state index in [0.29, 0.717) is 0 Å². The first-order chi connectivity index (χ1) is 5.52. The van der Waals surface area contributed by atoms with Crippen LogP contribution in [0.3, 0.4) is 0 Å². The summed E-state index contributed by atoms with van der Waals surface area (Å²) in [6, 6.07) is 8.48. The van der Waals surface area contributed by atoms with Crippen LogP contribution in [0.5, 0.6) is 0 Å². The van der Waals surface area contributed by atoms with E-state index in [2.05, 4.69) is 38.1 Å². The molecule has 0 spiro atoms. The Labute approximate surface area is 88.4 Å². The average Bonchev–Trinajstić information content (AvgIpc) is 1.94. The van der Waals surface area contributed by atoms with Gasteiger partial charge < -0.3 is 0 Å². The maximum absolute atomic E-state index is 4.81. The summed E-state index contributed by atoms with van der Waals surface area (Å²) >= 11 is 14.4. The summed E-state index contributed by atoms with van der Waals surface area (Å²) < 4.78 is -0.750. The van der Waals surface area contributed by atoms with Gasteiger partial charge in [-0.1, -0.05) is 70.2 Å². The van der Waals surface area contributed by atoms with E-state index in [9.17, 15) is 0 Å². The van der Waals surface area contributed by atoms with Crippen molar-refractivity contribution >= 4 is 34.8 Å². The summed E-state index contributed by atoms with van der Waals surface area (Å²) in [5.74, 6) is 0. The van der Waals surface area contributed by atoms with Crippen molar-refractivity contribution < 1.29 is 0 Å². The average molecular weight is 226 g/mol. The standard InChI is InChI=1S/C8H10.CHCl3/c1-7-3-5-8(2)6-4-7;2-1(3)4/h3-6H,1-2H3;1H. The Hall–Kier alpha value is 0.0900. The molecule has 0 fully saturated rings. The van der Waals surface area contributed by atoms with Gasteiger partial charge in [0.15, 0.2) is 4.30 Å². The minimum absolute atomic E-state index is 0.750. The predicted octanol–water partition coefficient (Wildman–Crippen LogP) is 4.29. The van der Waals surface area contributed by atoms with Crippen LogP contribution in [-0.4, -0.2) is 4.30 Å². The zero-order valence-corrected chi connectivity index (χ0v) is 9.29. The van der Waals surface area contributed by atoms with Crippen molar-refractivity contribution in [1.29, 1.82) is 0 Å². The van der Waals surface area contributed by atoms with Crippen LogP contribution in [0.25, 0.3) is 0 Å². The Morgan fingerprint density at radius 3 is 1.17 bits per heavy atom. The molecule has 0 amide bonds. The van der Waals surface area contributed by atoms with Gasteiger partial charge in [-0.15, -0.1) is 0 Å². The second kappa shape index (κ2) is 6.59. The molecule has 0 aliphatic heterocycles. The van der Waals surface area contributed by atoms with Crippen LogP contribution in [0.15, 0.2) is 24.3 Å². The lowest BCUT2D eigenvalue weighted by atomic mass is 10.2. The van der Waals surface area contributed by atoms with Crippen molar-refractivity contribution in [2.24, 2.45) is 0 Å². The van der Waals surface area contributed by atoms with Crippen LogP contribution in [-0.2, 0) is 0 Å². The minimum Gasteiger partial charge on any atom is -0.0874 e. The topological polar surface area (TPSA) is 0 Å². The molecule has 0 aliphatic carbocycles. The molecule has 1 aromatic rings. The van der Waals surface area contributed by atoms with Crippen LogP contribution < -0.4 is 0 Å². The summed E-state index contributed by atoms with van der Waals surface area (Å²) in [5, 5.41) is 0. The van der Waals surface area contributed by atoms with Gasteiger partial charge in [0, 0.05) is 0 Å². The lowest BCUT2D eigenvalue weighted by molar-refractivity contribution is 1.40. The summed E-state index contributed by atoms with van der Waals surface area (Å²) in [6.07, 6.45) is 0. The van der Waals surface area contributed by atoms with Gasteiger partial charge in [0.1, 0.15) is 0 Å². The Kier molecular flexibility index (Phi) is 6.64. The maximum atomic E-state index is 4.81. The second-order valence-corrected chi connectivity index (χ2v) is 4.38. The smallest absolute Gasteiger partial charge is 0.0874 e. The highest BCUT2D eigenvalue weighted by atomic mass is 35.6. The maximum Gasteiger partial charge on any atom is 0.180 e. The van der Waals surface area contributed by atoms with Gasteiger partial charge in [-0.25, -0.2) is 0 Å². The zero-order chi connectivity index (χ0) is 9.56. The van der Waals surface area contributed by atoms with E-state index < -0.39 is 4.30 Å². The molecule has 12 heavy (non-hydrogen) atoms. The van der Waals surface area contributed by atoms with Gasteiger partial charge in [0.2, 0.25) is 0 Å². The van der Waals surface area contributed by atoms with Crippen molar-refractivity contribution in [3.8, 4) is 0 Å². The van der Waals surface area contributed by atoms with Crippen LogP contribution in [0.2, 0.25) is 0 Å². The van der Waals surface area contributed by atoms with E-state index in [1.165, 1.54) is 11.1 Å². The Balaban J connectivity index is 0.000000261. The molecule has 0 radical (unpaired) electrons. The molecule has 0 saturated heterocycles. The summed E-state index contributed by atoms with van der Waals surface area (Å²) in [5.41, 5.74) is 2.66. The highest BCUT2D eigenvalue weighted by Gasteiger charge is 1.80. The largest absolute Gasteiger partial charge is 0.180 e. The fourth-order valence-corrected chi connectivity index (χ4v) is 0.637. The first-order valence-corrected chi connectivity index (χ1v) is 4.79. The van der Waals surface area contributed by atoms with Crippen molar-refractivity contribution in [2.75, 3.05) is 0 Å². The Bertz CT molecular complexity index is 180. The number of hydrogen-bond donors (Lipinski definition) is 0. The van der Waals surface area contributed by atoms with Crippen LogP contribution >= 0.6 is 34.8 Å². The molecular weight excluding hydrogens is 214 g/mol. The van der Waals surface area contributed by atoms with Crippen molar-refractivity contribution in [1.82, 2.24) is 0 Å². The first-order valence-electron chi connectivity index (χ1n) is 3.48. The van der Waals surface area contributed by atoms with Gasteiger partial charge >= 0.3 is 0 Å². The SMILES string of the molecule is Cc1ccc(C)cc1.ClC(Cl)Cl. The monoisotopic (exact) mass is 224 g/mol. The van der Waals surface area contributed by atoms with Gasteiger partial charge in [0.25, 0.3) is 0 Å². The Morgan fingerprint density at radius 1 is 0.833 bits per heavy atom. The lowest BCUT2D eigenvalue weighted by Gasteiger charge is -1.90. The van der Waals surface area contributed by atoms with Gasteiger partial charge in [-0.05, 0) is 13.8 Å². The molecular formula is C9H11Cl3. The molecule has 0 bridgehead atoms. The molecule has 0 nitrogen and oxygen atoms in total. The number of alkyl halides is 3. The molecule has 0 aromatic heterocycles. The molecule has 0 N–H and O–H groups in total. The third-order valence-corrected chi connectivity index (χ3v) is 1.22. The molecule has 68 valence electrons.